The minimum Gasteiger partial charge on any atom is -0.456 e. The molecule has 3 aliphatic carbocycles. The number of fused-ring (bicyclic) bond motifs is 15. The van der Waals surface area contributed by atoms with Crippen molar-refractivity contribution in [3.8, 4) is 33.4 Å². The van der Waals surface area contributed by atoms with Gasteiger partial charge in [0, 0.05) is 22.5 Å². The lowest BCUT2D eigenvalue weighted by atomic mass is 9.70. The zero-order valence-electron chi connectivity index (χ0n) is 31.0. The van der Waals surface area contributed by atoms with Gasteiger partial charge in [0.1, 0.15) is 11.2 Å². The van der Waals surface area contributed by atoms with Gasteiger partial charge in [0.15, 0.2) is 0 Å². The Balaban J connectivity index is 1.14. The molecule has 0 amide bonds. The lowest BCUT2D eigenvalue weighted by Crippen LogP contribution is -2.26. The fourth-order valence-electron chi connectivity index (χ4n) is 10.4. The minimum absolute atomic E-state index is 0.00653. The van der Waals surface area contributed by atoms with Crippen molar-refractivity contribution < 1.29 is 4.42 Å². The summed E-state index contributed by atoms with van der Waals surface area (Å²) < 4.78 is 6.47. The van der Waals surface area contributed by atoms with Crippen molar-refractivity contribution >= 4 is 39.0 Å². The molecule has 3 heteroatoms. The van der Waals surface area contributed by atoms with Gasteiger partial charge < -0.3 is 9.32 Å². The van der Waals surface area contributed by atoms with E-state index in [1.165, 1.54) is 50.1 Å². The molecule has 0 saturated carbocycles. The van der Waals surface area contributed by atoms with Crippen LogP contribution in [0.25, 0.3) is 55.3 Å². The lowest BCUT2D eigenvalue weighted by molar-refractivity contribution is 0.659. The zero-order chi connectivity index (χ0) is 37.3. The van der Waals surface area contributed by atoms with Gasteiger partial charge in [0.25, 0.3) is 0 Å². The first-order chi connectivity index (χ1) is 27.4. The molecule has 1 heterocycles. The van der Waals surface area contributed by atoms with E-state index >= 15 is 0 Å². The first kappa shape index (κ1) is 31.4. The van der Waals surface area contributed by atoms with Crippen LogP contribution in [-0.2, 0) is 10.8 Å². The normalized spacial score (nSPS) is 16.3. The topological polar surface area (TPSA) is 33.5 Å². The van der Waals surface area contributed by atoms with E-state index in [-0.39, 0.29) is 10.8 Å². The summed E-state index contributed by atoms with van der Waals surface area (Å²) in [5.74, 6) is 0. The molecule has 8 aromatic carbocycles. The van der Waals surface area contributed by atoms with Gasteiger partial charge in [-0.25, -0.2) is 0 Å². The maximum absolute atomic E-state index is 14.2. The number of hydrogen-bond donors (Lipinski definition) is 0. The highest BCUT2D eigenvalue weighted by Crippen LogP contribution is 2.64. The third-order valence-corrected chi connectivity index (χ3v) is 12.9. The van der Waals surface area contributed by atoms with Crippen molar-refractivity contribution in [2.24, 2.45) is 0 Å². The van der Waals surface area contributed by atoms with Crippen molar-refractivity contribution in [2.45, 2.75) is 24.7 Å². The van der Waals surface area contributed by atoms with Crippen LogP contribution in [0.5, 0.6) is 0 Å². The van der Waals surface area contributed by atoms with Gasteiger partial charge in [-0.2, -0.15) is 0 Å². The van der Waals surface area contributed by atoms with E-state index in [9.17, 15) is 4.79 Å². The molecule has 1 spiro atoms. The lowest BCUT2D eigenvalue weighted by Gasteiger charge is -2.32. The number of nitrogens with zero attached hydrogens (tertiary/aromatic N) is 1. The SMILES string of the molecule is CC1(C)c2ccccc2-c2ccc(N(c3ccccc3)c3ccc4c(c3)C3(c5ccccc5-4)c4ccccc4-c4cc5oc6ccccc6c(=O)c5cc43)cc21. The standard InChI is InChI=1S/C53H35NO2/c1-52(2)43-20-10-6-16-35(43)38-26-24-33(28-46(38)52)54(32-14-4-3-5-15-32)34-25-27-39-36-17-7-11-21-44(36)53(47(39)29-34)45-22-12-8-18-37(45)41-31-50-42(30-48(41)53)51(55)40-19-9-13-23-49(40)56-50/h3-31H,1-2H3. The van der Waals surface area contributed by atoms with Gasteiger partial charge in [-0.1, -0.05) is 129 Å². The van der Waals surface area contributed by atoms with Crippen molar-refractivity contribution in [1.82, 2.24) is 0 Å². The second-order valence-corrected chi connectivity index (χ2v) is 16.0. The average Bonchev–Trinajstić information content (AvgIpc) is 3.79. The maximum atomic E-state index is 14.2. The summed E-state index contributed by atoms with van der Waals surface area (Å²) in [5, 5.41) is 1.20. The predicted molar refractivity (Wildman–Crippen MR) is 229 cm³/mol. The highest BCUT2D eigenvalue weighted by atomic mass is 16.3. The fraction of sp³-hybridized carbons (Fsp3) is 0.0755. The second-order valence-electron chi connectivity index (χ2n) is 16.0. The summed E-state index contributed by atoms with van der Waals surface area (Å²) in [4.78, 5) is 16.6. The highest BCUT2D eigenvalue weighted by Gasteiger charge is 2.52. The van der Waals surface area contributed by atoms with Gasteiger partial charge in [-0.05, 0) is 127 Å². The van der Waals surface area contributed by atoms with Crippen molar-refractivity contribution in [1.29, 1.82) is 0 Å². The van der Waals surface area contributed by atoms with Crippen LogP contribution in [0.3, 0.4) is 0 Å². The van der Waals surface area contributed by atoms with Crippen LogP contribution in [-0.4, -0.2) is 0 Å². The Labute approximate surface area is 324 Å². The molecular weight excluding hydrogens is 683 g/mol. The van der Waals surface area contributed by atoms with Crippen LogP contribution in [0.2, 0.25) is 0 Å². The van der Waals surface area contributed by atoms with Crippen LogP contribution in [0, 0.1) is 0 Å². The molecule has 3 nitrogen and oxygen atoms in total. The van der Waals surface area contributed by atoms with Gasteiger partial charge in [0.05, 0.1) is 16.2 Å². The summed E-state index contributed by atoms with van der Waals surface area (Å²) in [7, 11) is 0. The summed E-state index contributed by atoms with van der Waals surface area (Å²) in [5.41, 5.74) is 18.5. The summed E-state index contributed by atoms with van der Waals surface area (Å²) in [6.07, 6.45) is 0. The monoisotopic (exact) mass is 717 g/mol. The number of benzene rings is 8. The molecule has 0 aliphatic heterocycles. The average molecular weight is 718 g/mol. The molecule has 0 N–H and O–H groups in total. The molecule has 1 aromatic heterocycles. The van der Waals surface area contributed by atoms with Crippen LogP contribution < -0.4 is 10.3 Å². The predicted octanol–water partition coefficient (Wildman–Crippen LogP) is 13.1. The molecule has 264 valence electrons. The number of hydrogen-bond acceptors (Lipinski definition) is 3. The largest absolute Gasteiger partial charge is 0.456 e. The molecule has 0 radical (unpaired) electrons. The molecule has 56 heavy (non-hydrogen) atoms. The van der Waals surface area contributed by atoms with Crippen molar-refractivity contribution in [3.63, 3.8) is 0 Å². The highest BCUT2D eigenvalue weighted by molar-refractivity contribution is 6.01. The van der Waals surface area contributed by atoms with Crippen molar-refractivity contribution in [2.75, 3.05) is 4.90 Å². The first-order valence-corrected chi connectivity index (χ1v) is 19.4. The Morgan fingerprint density at radius 2 is 0.911 bits per heavy atom. The van der Waals surface area contributed by atoms with E-state index in [4.69, 9.17) is 4.42 Å². The van der Waals surface area contributed by atoms with E-state index in [0.717, 1.165) is 33.8 Å². The molecule has 12 rings (SSSR count). The van der Waals surface area contributed by atoms with E-state index in [1.54, 1.807) is 0 Å². The Hall–Kier alpha value is -6.97. The Kier molecular flexibility index (Phi) is 6.20. The number of rotatable bonds is 3. The maximum Gasteiger partial charge on any atom is 0.200 e. The van der Waals surface area contributed by atoms with Gasteiger partial charge >= 0.3 is 0 Å². The van der Waals surface area contributed by atoms with E-state index in [0.29, 0.717) is 21.9 Å². The molecule has 0 saturated heterocycles. The summed E-state index contributed by atoms with van der Waals surface area (Å²) in [6, 6.07) is 62.9. The zero-order valence-corrected chi connectivity index (χ0v) is 31.0. The molecule has 3 aliphatic rings. The van der Waals surface area contributed by atoms with Crippen LogP contribution >= 0.6 is 0 Å². The Bertz CT molecular complexity index is 3210. The first-order valence-electron chi connectivity index (χ1n) is 19.4. The Morgan fingerprint density at radius 1 is 0.393 bits per heavy atom. The molecule has 1 atom stereocenters. The summed E-state index contributed by atoms with van der Waals surface area (Å²) in [6.45, 7) is 4.68. The van der Waals surface area contributed by atoms with Crippen LogP contribution in [0.1, 0.15) is 47.2 Å². The molecule has 0 bridgehead atoms. The molecule has 0 fully saturated rings. The van der Waals surface area contributed by atoms with E-state index in [2.05, 4.69) is 170 Å². The second kappa shape index (κ2) is 11.1. The van der Waals surface area contributed by atoms with Crippen LogP contribution in [0.15, 0.2) is 185 Å². The molecule has 9 aromatic rings. The Morgan fingerprint density at radius 3 is 1.62 bits per heavy atom. The number of para-hydroxylation sites is 2. The third-order valence-electron chi connectivity index (χ3n) is 12.9. The van der Waals surface area contributed by atoms with Gasteiger partial charge in [0.2, 0.25) is 5.43 Å². The van der Waals surface area contributed by atoms with Gasteiger partial charge in [-0.3, -0.25) is 4.79 Å². The van der Waals surface area contributed by atoms with Crippen molar-refractivity contribution in [3.05, 3.63) is 220 Å². The van der Waals surface area contributed by atoms with E-state index in [1.807, 2.05) is 24.3 Å². The minimum atomic E-state index is -0.649. The summed E-state index contributed by atoms with van der Waals surface area (Å²) >= 11 is 0. The fourth-order valence-corrected chi connectivity index (χ4v) is 10.4. The third kappa shape index (κ3) is 3.94. The smallest absolute Gasteiger partial charge is 0.200 e. The van der Waals surface area contributed by atoms with Gasteiger partial charge in [-0.15, -0.1) is 0 Å². The molecule has 1 unspecified atom stereocenters. The van der Waals surface area contributed by atoms with Crippen LogP contribution in [0.4, 0.5) is 17.1 Å². The molecular formula is C53H35NO2. The number of anilines is 3. The van der Waals surface area contributed by atoms with E-state index < -0.39 is 5.41 Å². The quantitative estimate of drug-likeness (QED) is 0.171.